The lowest BCUT2D eigenvalue weighted by Gasteiger charge is -2.39. The van der Waals surface area contributed by atoms with Crippen LogP contribution in [0, 0.1) is 24.2 Å². The highest BCUT2D eigenvalue weighted by atomic mass is 33.1. The van der Waals surface area contributed by atoms with E-state index in [9.17, 15) is 63.0 Å². The molecule has 0 bridgehead atoms. The van der Waals surface area contributed by atoms with Crippen molar-refractivity contribution in [3.05, 3.63) is 113 Å². The number of amides is 14. The van der Waals surface area contributed by atoms with Crippen molar-refractivity contribution in [1.29, 1.82) is 0 Å². The van der Waals surface area contributed by atoms with Crippen LogP contribution in [0.1, 0.15) is 175 Å². The molecular weight excluding hydrogens is 1690 g/mol. The molecule has 1 aliphatic heterocycles. The van der Waals surface area contributed by atoms with Gasteiger partial charge in [0.2, 0.25) is 70.9 Å². The van der Waals surface area contributed by atoms with Gasteiger partial charge in [-0.15, -0.1) is 0 Å². The Bertz CT molecular complexity index is 4790. The Hall–Kier alpha value is -11.4. The molecule has 1 saturated heterocycles. The third-order valence-corrected chi connectivity index (χ3v) is 26.4. The second-order valence-electron chi connectivity index (χ2n) is 34.1. The van der Waals surface area contributed by atoms with Crippen LogP contribution in [-0.2, 0) is 96.0 Å². The highest BCUT2D eigenvalue weighted by molar-refractivity contribution is 8.77. The predicted octanol–water partition coefficient (Wildman–Crippen LogP) is 1.43. The number of aryl methyl sites for hydroxylation is 1. The summed E-state index contributed by atoms with van der Waals surface area (Å²) in [5.41, 5.74) is 29.8. The lowest BCUT2D eigenvalue weighted by Crippen LogP contribution is -2.63. The molecular formula is C89H127N17O20S2. The first-order chi connectivity index (χ1) is 60.3. The van der Waals surface area contributed by atoms with Gasteiger partial charge in [0.1, 0.15) is 54.6 Å². The minimum absolute atomic E-state index is 0.0445. The number of aromatic nitrogens is 1. The molecule has 2 heterocycles. The van der Waals surface area contributed by atoms with Crippen LogP contribution < -0.4 is 91.9 Å². The minimum Gasteiger partial charge on any atom is -0.492 e. The Morgan fingerprint density at radius 2 is 1.23 bits per heavy atom. The third kappa shape index (κ3) is 32.7. The van der Waals surface area contributed by atoms with Gasteiger partial charge in [0, 0.05) is 98.1 Å². The van der Waals surface area contributed by atoms with E-state index in [1.807, 2.05) is 43.3 Å². The summed E-state index contributed by atoms with van der Waals surface area (Å²) < 4.78 is 2.65. The van der Waals surface area contributed by atoms with E-state index in [0.717, 1.165) is 58.7 Å². The van der Waals surface area contributed by atoms with Crippen molar-refractivity contribution in [3.63, 3.8) is 0 Å². The molecule has 37 nitrogen and oxygen atoms in total. The number of carbonyl (C=O) groups excluding carboxylic acids is 17. The molecule has 1 aliphatic rings. The molecule has 0 aliphatic carbocycles. The number of nitrogens with two attached hydrogens (primary N) is 5. The number of para-hydroxylation sites is 1. The highest BCUT2D eigenvalue weighted by Gasteiger charge is 2.47. The number of nitrogens with one attached hydrogen (secondary N) is 12. The van der Waals surface area contributed by atoms with E-state index in [2.05, 4.69) is 63.5 Å². The summed E-state index contributed by atoms with van der Waals surface area (Å²) in [6.45, 7) is 15.9. The van der Waals surface area contributed by atoms with Crippen molar-refractivity contribution in [2.24, 2.45) is 45.9 Å². The zero-order valence-electron chi connectivity index (χ0n) is 74.5. The quantitative estimate of drug-likeness (QED) is 0.0194. The number of urea groups is 1. The van der Waals surface area contributed by atoms with Crippen LogP contribution in [0.3, 0.4) is 0 Å². The number of aliphatic hydroxyl groups is 2. The fourth-order valence-corrected chi connectivity index (χ4v) is 17.9. The van der Waals surface area contributed by atoms with Crippen molar-refractivity contribution >= 4 is 143 Å². The zero-order chi connectivity index (χ0) is 95.1. The normalized spacial score (nSPS) is 19.7. The van der Waals surface area contributed by atoms with E-state index in [0.29, 0.717) is 46.2 Å². The molecule has 0 radical (unpaired) electrons. The lowest BCUT2D eigenvalue weighted by molar-refractivity contribution is -0.140. The second kappa shape index (κ2) is 49.8. The molecule has 0 spiro atoms. The smallest absolute Gasteiger partial charge is 0.312 e. The number of Topliss-reactive ketones (excluding diaryl/α,β-unsaturated/α-hetero) is 4. The number of H-pyrrole nitrogens is 1. The lowest BCUT2D eigenvalue weighted by atomic mass is 9.77. The summed E-state index contributed by atoms with van der Waals surface area (Å²) in [6.07, 6.45) is -5.50. The average Bonchev–Trinajstić information content (AvgIpc) is 1.74. The zero-order valence-corrected chi connectivity index (χ0v) is 76.1. The van der Waals surface area contributed by atoms with Crippen LogP contribution in [0.2, 0.25) is 0 Å². The van der Waals surface area contributed by atoms with Gasteiger partial charge in [-0.2, -0.15) is 0 Å². The number of aromatic amines is 1. The van der Waals surface area contributed by atoms with Gasteiger partial charge < -0.3 is 107 Å². The molecule has 1 aromatic heterocycles. The first-order valence-corrected chi connectivity index (χ1v) is 44.9. The summed E-state index contributed by atoms with van der Waals surface area (Å²) in [5.74, 6) is -16.9. The van der Waals surface area contributed by atoms with Crippen LogP contribution >= 0.6 is 21.6 Å². The van der Waals surface area contributed by atoms with Gasteiger partial charge in [0.25, 0.3) is 0 Å². The summed E-state index contributed by atoms with van der Waals surface area (Å²) in [5, 5.41) is 52.9. The van der Waals surface area contributed by atoms with Crippen molar-refractivity contribution in [2.75, 3.05) is 32.8 Å². The second-order valence-corrected chi connectivity index (χ2v) is 37.5. The monoisotopic (exact) mass is 1820 g/mol. The van der Waals surface area contributed by atoms with Crippen molar-refractivity contribution in [1.82, 2.24) is 63.5 Å². The Morgan fingerprint density at radius 3 is 1.85 bits per heavy atom. The van der Waals surface area contributed by atoms with E-state index in [4.69, 9.17) is 33.4 Å². The SMILES string of the molecule is CC(=O)NCCCC[C@H](NC(=O)[C@](C)(CCCCN)CC(=O)[C@H](Cc1ccc2ccccc2c1)NC(=O)[C@@H](CC(=O)[C@H]1NC(=O)[C@H](CCCNC(N)=O)NC(=O)[C@H](Cc2c[nH]c3c(C)cccc23)NC(=O)[C@H]([C@@H](C)O)NC(=O)[C@H](CC(N)=O)NC(=O)[C@@H](NC(C)=O)C(C)(C)SSC1(C)C)Cc1ccc(OCCN)cc1)C(=O)C[C@@H](CC(N)=O)C(=O)NC(C(C)=O)[C@H](C)O. The van der Waals surface area contributed by atoms with Crippen LogP contribution in [0.25, 0.3) is 21.7 Å². The van der Waals surface area contributed by atoms with E-state index in [1.165, 1.54) is 34.6 Å². The summed E-state index contributed by atoms with van der Waals surface area (Å²) >= 11 is 0. The molecule has 39 heteroatoms. The Balaban J connectivity index is 1.54. The van der Waals surface area contributed by atoms with E-state index >= 15 is 28.8 Å². The number of fused-ring (bicyclic) bond motifs is 2. The molecule has 14 atom stereocenters. The van der Waals surface area contributed by atoms with Gasteiger partial charge in [0.15, 0.2) is 23.1 Å². The molecule has 5 aromatic rings. The topological polar surface area (TPSA) is 618 Å². The van der Waals surface area contributed by atoms with E-state index in [-0.39, 0.29) is 96.5 Å². The molecule has 0 saturated carbocycles. The maximum atomic E-state index is 16.4. The molecule has 14 amide bonds. The maximum absolute atomic E-state index is 16.4. The standard InChI is InChI=1S/C89H127N17O20S2/c1-48-20-18-23-62-60(47-97-73(48)62)41-66-81(120)99-64(25-19-36-96-86(94)125)80(119)106-76(87(7,8)127-128-88(9,10)77(98-53(6)111)84(123)102-67(45-72(93)116)82(121)105-75(51(4)109)83(122)101-66)69(113)43-58(38-54-27-30-61(31-28-54)126-37-34-91)78(117)100-65(40-55-26-29-56-21-12-13-22-57(56)39-55)70(114)46-89(11,32-15-16-33-90)85(124)103-63(24-14-17-35-95-52(5)110)68(112)42-59(44-71(92)115)79(118)104-74(49(2)107)50(3)108/h12-13,18,20-23,26-31,39,47,49,51,58-59,63-67,74-77,97,107,109H,14-17,19,24-25,32-38,40-46,90-91H2,1-11H3,(H2,92,115)(H2,93,116)(H,95,110)(H,98,111)(H,99,120)(H,100,117)(H,101,122)(H,102,123)(H,103,124)(H,104,118)(H,105,121)(H,106,119)(H3,94,96,125)/t49-,51+,58+,59-,63-,64-,65-,66-,67-,74?,75-,76+,77+,89+/m0/s1. The average molecular weight is 1820 g/mol. The summed E-state index contributed by atoms with van der Waals surface area (Å²) in [6, 6.07) is 8.68. The van der Waals surface area contributed by atoms with Gasteiger partial charge in [-0.25, -0.2) is 4.79 Å². The molecule has 4 aromatic carbocycles. The van der Waals surface area contributed by atoms with Gasteiger partial charge in [-0.3, -0.25) is 76.7 Å². The summed E-state index contributed by atoms with van der Waals surface area (Å²) in [4.78, 5) is 247. The minimum atomic E-state index is -1.93. The number of primary amides is 3. The van der Waals surface area contributed by atoms with E-state index < -0.39 is 220 Å². The van der Waals surface area contributed by atoms with Crippen molar-refractivity contribution in [2.45, 2.75) is 255 Å². The maximum Gasteiger partial charge on any atom is 0.312 e. The number of aliphatic hydroxyl groups excluding tert-OH is 2. The molecule has 1 fully saturated rings. The highest BCUT2D eigenvalue weighted by Crippen LogP contribution is 2.47. The van der Waals surface area contributed by atoms with Crippen LogP contribution in [-0.4, -0.2) is 224 Å². The molecule has 128 heavy (non-hydrogen) atoms. The number of benzene rings is 4. The van der Waals surface area contributed by atoms with Crippen LogP contribution in [0.15, 0.2) is 91.1 Å². The fourth-order valence-electron chi connectivity index (χ4n) is 15.1. The van der Waals surface area contributed by atoms with Gasteiger partial charge >= 0.3 is 6.03 Å². The molecule has 24 N–H and O–H groups in total. The van der Waals surface area contributed by atoms with Crippen LogP contribution in [0.4, 0.5) is 4.79 Å². The van der Waals surface area contributed by atoms with Crippen molar-refractivity contribution in [3.8, 4) is 5.75 Å². The number of rotatable bonds is 45. The van der Waals surface area contributed by atoms with Crippen LogP contribution in [0.5, 0.6) is 5.75 Å². The third-order valence-electron chi connectivity index (χ3n) is 22.2. The van der Waals surface area contributed by atoms with Gasteiger partial charge in [-0.05, 0) is 165 Å². The predicted molar refractivity (Wildman–Crippen MR) is 483 cm³/mol. The molecule has 1 unspecified atom stereocenters. The fraction of sp³-hybridized carbons (Fsp3) is 0.539. The van der Waals surface area contributed by atoms with Crippen molar-refractivity contribution < 1.29 is 96.5 Å². The molecule has 700 valence electrons. The number of hydrogen-bond donors (Lipinski definition) is 19. The first kappa shape index (κ1) is 105. The largest absolute Gasteiger partial charge is 0.492 e. The number of carbonyl (C=O) groups is 17. The first-order valence-electron chi connectivity index (χ1n) is 42.8. The number of hydrogen-bond acceptors (Lipinski definition) is 24. The number of unbranched alkanes of at least 4 members (excludes halogenated alkanes) is 2. The molecule has 6 rings (SSSR count). The van der Waals surface area contributed by atoms with E-state index in [1.54, 1.807) is 68.6 Å². The number of ether oxygens (including phenoxy) is 1. The Kier molecular flexibility index (Phi) is 41.0. The summed E-state index contributed by atoms with van der Waals surface area (Å²) in [7, 11) is 1.85. The Morgan fingerprint density at radius 1 is 0.594 bits per heavy atom. The van der Waals surface area contributed by atoms with Gasteiger partial charge in [-0.1, -0.05) is 108 Å². The van der Waals surface area contributed by atoms with Gasteiger partial charge in [0.05, 0.1) is 42.0 Å². The Labute approximate surface area is 752 Å². The number of ketones is 4.